The van der Waals surface area contributed by atoms with Crippen LogP contribution in [0.1, 0.15) is 33.6 Å². The molecule has 0 bridgehead atoms. The number of amides is 1. The summed E-state index contributed by atoms with van der Waals surface area (Å²) in [5.41, 5.74) is -0.485. The molecule has 1 N–H and O–H groups in total. The summed E-state index contributed by atoms with van der Waals surface area (Å²) in [5, 5.41) is 3.49. The maximum absolute atomic E-state index is 12.2. The van der Waals surface area contributed by atoms with E-state index in [4.69, 9.17) is 16.3 Å². The number of anilines is 1. The zero-order chi connectivity index (χ0) is 16.3. The third-order valence-electron chi connectivity index (χ3n) is 3.13. The summed E-state index contributed by atoms with van der Waals surface area (Å²) in [6.45, 7) is 6.88. The van der Waals surface area contributed by atoms with Crippen molar-refractivity contribution >= 4 is 39.4 Å². The molecule has 1 fully saturated rings. The first-order valence-electron chi connectivity index (χ1n) is 7.17. The van der Waals surface area contributed by atoms with E-state index in [0.29, 0.717) is 18.9 Å². The van der Waals surface area contributed by atoms with Gasteiger partial charge in [-0.1, -0.05) is 0 Å². The third-order valence-corrected chi connectivity index (χ3v) is 3.89. The second kappa shape index (κ2) is 7.00. The standard InChI is InChI=1S/C14H20BrClN4O2/c1-14(2,3)22-13(21)20-6-4-5-9(8-20)18-11-10(15)7-17-12(16)19-11/h7,9H,4-6,8H2,1-3H3,(H,17,18,19). The molecular formula is C14H20BrClN4O2. The van der Waals surface area contributed by atoms with Crippen LogP contribution in [0.4, 0.5) is 10.6 Å². The maximum atomic E-state index is 12.2. The average Bonchev–Trinajstić information content (AvgIpc) is 2.41. The molecule has 1 aromatic rings. The van der Waals surface area contributed by atoms with Gasteiger partial charge in [0, 0.05) is 25.3 Å². The smallest absolute Gasteiger partial charge is 0.410 e. The van der Waals surface area contributed by atoms with Crippen molar-refractivity contribution < 1.29 is 9.53 Å². The largest absolute Gasteiger partial charge is 0.444 e. The number of carbonyl (C=O) groups is 1. The van der Waals surface area contributed by atoms with Gasteiger partial charge in [-0.2, -0.15) is 4.98 Å². The molecule has 1 atom stereocenters. The van der Waals surface area contributed by atoms with Crippen LogP contribution in [0.3, 0.4) is 0 Å². The molecule has 2 heterocycles. The van der Waals surface area contributed by atoms with Gasteiger partial charge in [0.1, 0.15) is 11.4 Å². The second-order valence-electron chi connectivity index (χ2n) is 6.25. The minimum absolute atomic E-state index is 0.100. The highest BCUT2D eigenvalue weighted by Crippen LogP contribution is 2.23. The molecule has 0 aromatic carbocycles. The average molecular weight is 392 g/mol. The molecule has 8 heteroatoms. The quantitative estimate of drug-likeness (QED) is 0.779. The maximum Gasteiger partial charge on any atom is 0.410 e. The molecule has 0 aliphatic carbocycles. The molecule has 1 unspecified atom stereocenters. The molecule has 0 saturated carbocycles. The first-order chi connectivity index (χ1) is 10.2. The lowest BCUT2D eigenvalue weighted by molar-refractivity contribution is 0.0206. The van der Waals surface area contributed by atoms with Gasteiger partial charge in [-0.15, -0.1) is 0 Å². The van der Waals surface area contributed by atoms with Crippen molar-refractivity contribution in [1.82, 2.24) is 14.9 Å². The second-order valence-corrected chi connectivity index (χ2v) is 7.44. The summed E-state index contributed by atoms with van der Waals surface area (Å²) in [6.07, 6.45) is 3.19. The van der Waals surface area contributed by atoms with Crippen molar-refractivity contribution in [3.05, 3.63) is 16.0 Å². The predicted molar refractivity (Wildman–Crippen MR) is 89.2 cm³/mol. The summed E-state index contributed by atoms with van der Waals surface area (Å²) in [6, 6.07) is 0.100. The van der Waals surface area contributed by atoms with Crippen LogP contribution in [0.15, 0.2) is 10.7 Å². The first kappa shape index (κ1) is 17.3. The summed E-state index contributed by atoms with van der Waals surface area (Å²) in [5.74, 6) is 0.635. The molecular weight excluding hydrogens is 372 g/mol. The lowest BCUT2D eigenvalue weighted by Crippen LogP contribution is -2.47. The van der Waals surface area contributed by atoms with E-state index in [1.165, 1.54) is 0 Å². The van der Waals surface area contributed by atoms with Gasteiger partial charge < -0.3 is 15.0 Å². The van der Waals surface area contributed by atoms with E-state index in [-0.39, 0.29) is 17.4 Å². The fourth-order valence-electron chi connectivity index (χ4n) is 2.23. The van der Waals surface area contributed by atoms with Crippen LogP contribution in [0.5, 0.6) is 0 Å². The van der Waals surface area contributed by atoms with Gasteiger partial charge in [-0.3, -0.25) is 0 Å². The number of aromatic nitrogens is 2. The Bertz CT molecular complexity index is 550. The molecule has 1 aliphatic heterocycles. The number of likely N-dealkylation sites (tertiary alicyclic amines) is 1. The van der Waals surface area contributed by atoms with Crippen LogP contribution in [0.2, 0.25) is 5.28 Å². The highest BCUT2D eigenvalue weighted by atomic mass is 79.9. The molecule has 6 nitrogen and oxygen atoms in total. The molecule has 0 radical (unpaired) electrons. The predicted octanol–water partition coefficient (Wildman–Crippen LogP) is 3.70. The summed E-state index contributed by atoms with van der Waals surface area (Å²) in [4.78, 5) is 21.9. The normalized spacial score (nSPS) is 19.0. The molecule has 1 saturated heterocycles. The number of hydrogen-bond donors (Lipinski definition) is 1. The lowest BCUT2D eigenvalue weighted by atomic mass is 10.1. The summed E-state index contributed by atoms with van der Waals surface area (Å²) >= 11 is 9.21. The van der Waals surface area contributed by atoms with E-state index in [1.807, 2.05) is 20.8 Å². The van der Waals surface area contributed by atoms with Crippen molar-refractivity contribution in [2.45, 2.75) is 45.3 Å². The fraction of sp³-hybridized carbons (Fsp3) is 0.643. The molecule has 2 rings (SSSR count). The zero-order valence-corrected chi connectivity index (χ0v) is 15.2. The Morgan fingerprint density at radius 2 is 2.27 bits per heavy atom. The Kier molecular flexibility index (Phi) is 5.50. The van der Waals surface area contributed by atoms with Crippen LogP contribution in [0, 0.1) is 0 Å². The number of rotatable bonds is 2. The first-order valence-corrected chi connectivity index (χ1v) is 8.34. The SMILES string of the molecule is CC(C)(C)OC(=O)N1CCCC(Nc2nc(Cl)ncc2Br)C1. The Balaban J connectivity index is 1.98. The van der Waals surface area contributed by atoms with Gasteiger partial charge in [0.25, 0.3) is 0 Å². The monoisotopic (exact) mass is 390 g/mol. The molecule has 1 amide bonds. The van der Waals surface area contributed by atoms with Crippen molar-refractivity contribution in [1.29, 1.82) is 0 Å². The highest BCUT2D eigenvalue weighted by molar-refractivity contribution is 9.10. The van der Waals surface area contributed by atoms with Crippen LogP contribution in [0.25, 0.3) is 0 Å². The van der Waals surface area contributed by atoms with E-state index in [1.54, 1.807) is 11.1 Å². The third kappa shape index (κ3) is 4.98. The number of nitrogens with zero attached hydrogens (tertiary/aromatic N) is 3. The van der Waals surface area contributed by atoms with Crippen molar-refractivity contribution in [3.63, 3.8) is 0 Å². The van der Waals surface area contributed by atoms with Crippen LogP contribution < -0.4 is 5.32 Å². The van der Waals surface area contributed by atoms with Gasteiger partial charge in [0.05, 0.1) is 4.47 Å². The Labute approximate surface area is 143 Å². The number of halogens is 2. The van der Waals surface area contributed by atoms with E-state index < -0.39 is 5.60 Å². The van der Waals surface area contributed by atoms with Crippen molar-refractivity contribution in [2.75, 3.05) is 18.4 Å². The molecule has 1 aromatic heterocycles. The van der Waals surface area contributed by atoms with Gasteiger partial charge in [0.15, 0.2) is 0 Å². The van der Waals surface area contributed by atoms with E-state index in [9.17, 15) is 4.79 Å². The number of nitrogens with one attached hydrogen (secondary N) is 1. The van der Waals surface area contributed by atoms with Crippen LogP contribution >= 0.6 is 27.5 Å². The van der Waals surface area contributed by atoms with E-state index in [0.717, 1.165) is 17.3 Å². The van der Waals surface area contributed by atoms with Crippen LogP contribution in [-0.4, -0.2) is 45.7 Å². The van der Waals surface area contributed by atoms with Gasteiger partial charge >= 0.3 is 6.09 Å². The number of hydrogen-bond acceptors (Lipinski definition) is 5. The molecule has 22 heavy (non-hydrogen) atoms. The number of carbonyl (C=O) groups excluding carboxylic acids is 1. The zero-order valence-electron chi connectivity index (χ0n) is 12.9. The van der Waals surface area contributed by atoms with Crippen LogP contribution in [-0.2, 0) is 4.74 Å². The van der Waals surface area contributed by atoms with Crippen molar-refractivity contribution in [3.8, 4) is 0 Å². The molecule has 122 valence electrons. The van der Waals surface area contributed by atoms with Gasteiger partial charge in [0.2, 0.25) is 5.28 Å². The van der Waals surface area contributed by atoms with E-state index >= 15 is 0 Å². The van der Waals surface area contributed by atoms with Gasteiger partial charge in [-0.05, 0) is 61.1 Å². The summed E-state index contributed by atoms with van der Waals surface area (Å²) < 4.78 is 6.16. The Hall–Kier alpha value is -1.08. The molecule has 0 spiro atoms. The Morgan fingerprint density at radius 3 is 2.95 bits per heavy atom. The fourth-order valence-corrected chi connectivity index (χ4v) is 2.67. The Morgan fingerprint density at radius 1 is 1.55 bits per heavy atom. The highest BCUT2D eigenvalue weighted by Gasteiger charge is 2.28. The lowest BCUT2D eigenvalue weighted by Gasteiger charge is -2.34. The topological polar surface area (TPSA) is 67.3 Å². The summed E-state index contributed by atoms with van der Waals surface area (Å²) in [7, 11) is 0. The molecule has 1 aliphatic rings. The minimum atomic E-state index is -0.485. The van der Waals surface area contributed by atoms with Gasteiger partial charge in [-0.25, -0.2) is 9.78 Å². The number of ether oxygens (including phenoxy) is 1. The van der Waals surface area contributed by atoms with Crippen molar-refractivity contribution in [2.24, 2.45) is 0 Å². The minimum Gasteiger partial charge on any atom is -0.444 e. The number of piperidine rings is 1. The van der Waals surface area contributed by atoms with E-state index in [2.05, 4.69) is 31.2 Å².